The summed E-state index contributed by atoms with van der Waals surface area (Å²) in [5.74, 6) is -0.678. The van der Waals surface area contributed by atoms with Gasteiger partial charge in [-0.1, -0.05) is 6.58 Å². The first-order chi connectivity index (χ1) is 13.0. The molecular formula is C20H18FN5O. The van der Waals surface area contributed by atoms with Crippen LogP contribution in [-0.2, 0) is 11.3 Å². The molecule has 0 unspecified atom stereocenters. The number of nitriles is 1. The van der Waals surface area contributed by atoms with Gasteiger partial charge in [-0.05, 0) is 54.2 Å². The van der Waals surface area contributed by atoms with Crippen molar-refractivity contribution in [3.05, 3.63) is 78.4 Å². The Bertz CT molecular complexity index is 913. The molecule has 3 N–H and O–H groups in total. The van der Waals surface area contributed by atoms with Gasteiger partial charge in [0, 0.05) is 23.9 Å². The fraction of sp³-hybridized carbons (Fsp3) is 0.100. The Kier molecular flexibility index (Phi) is 6.97. The topological polar surface area (TPSA) is 102 Å². The number of hydrogen-bond donors (Lipinski definition) is 3. The highest BCUT2D eigenvalue weighted by atomic mass is 19.1. The summed E-state index contributed by atoms with van der Waals surface area (Å²) in [7, 11) is 0. The van der Waals surface area contributed by atoms with E-state index < -0.39 is 0 Å². The van der Waals surface area contributed by atoms with E-state index in [9.17, 15) is 9.18 Å². The van der Waals surface area contributed by atoms with Crippen LogP contribution in [0.15, 0.2) is 61.5 Å². The second-order valence-electron chi connectivity index (χ2n) is 5.44. The SMILES string of the molecule is C=CC(=O)NCc1cnc(-c2ccc(F)cc2)cc1C(=N)/C=C\NCC#N. The Balaban J connectivity index is 2.35. The van der Waals surface area contributed by atoms with E-state index in [2.05, 4.69) is 22.2 Å². The molecule has 1 amide bonds. The second-order valence-corrected chi connectivity index (χ2v) is 5.44. The van der Waals surface area contributed by atoms with Gasteiger partial charge >= 0.3 is 0 Å². The molecule has 1 aromatic carbocycles. The number of allylic oxidation sites excluding steroid dienone is 1. The largest absolute Gasteiger partial charge is 0.378 e. The van der Waals surface area contributed by atoms with Gasteiger partial charge in [0.05, 0.1) is 17.5 Å². The molecule has 0 aliphatic heterocycles. The summed E-state index contributed by atoms with van der Waals surface area (Å²) >= 11 is 0. The summed E-state index contributed by atoms with van der Waals surface area (Å²) in [5.41, 5.74) is 2.66. The number of rotatable bonds is 8. The van der Waals surface area contributed by atoms with Gasteiger partial charge in [-0.25, -0.2) is 4.39 Å². The van der Waals surface area contributed by atoms with Gasteiger partial charge in [0.2, 0.25) is 5.91 Å². The molecule has 0 fully saturated rings. The number of nitrogens with zero attached hydrogens (tertiary/aromatic N) is 2. The number of halogens is 1. The lowest BCUT2D eigenvalue weighted by Gasteiger charge is -2.11. The van der Waals surface area contributed by atoms with Crippen LogP contribution < -0.4 is 10.6 Å². The van der Waals surface area contributed by atoms with Gasteiger partial charge in [-0.3, -0.25) is 9.78 Å². The van der Waals surface area contributed by atoms with Gasteiger partial charge in [0.25, 0.3) is 0 Å². The summed E-state index contributed by atoms with van der Waals surface area (Å²) in [6, 6.07) is 9.53. The van der Waals surface area contributed by atoms with Gasteiger partial charge in [0.1, 0.15) is 12.4 Å². The van der Waals surface area contributed by atoms with E-state index in [0.717, 1.165) is 6.08 Å². The standard InChI is InChI=1S/C20H18FN5O/c1-2-20(27)26-13-15-12-25-19(14-3-5-16(21)6-4-14)11-17(15)18(23)7-9-24-10-8-22/h2-7,9,11-12,23-24H,1,10,13H2,(H,26,27)/b9-7-,23-18?. The van der Waals surface area contributed by atoms with Crippen LogP contribution in [0.3, 0.4) is 0 Å². The molecule has 0 saturated carbocycles. The monoisotopic (exact) mass is 363 g/mol. The zero-order valence-electron chi connectivity index (χ0n) is 14.5. The maximum absolute atomic E-state index is 13.1. The van der Waals surface area contributed by atoms with Crippen LogP contribution in [0.25, 0.3) is 11.3 Å². The quantitative estimate of drug-likeness (QED) is 0.290. The number of benzene rings is 1. The fourth-order valence-electron chi connectivity index (χ4n) is 2.24. The Morgan fingerprint density at radius 3 is 2.78 bits per heavy atom. The number of carbonyl (C=O) groups is 1. The second kappa shape index (κ2) is 9.63. The number of amides is 1. The third-order valence-electron chi connectivity index (χ3n) is 3.60. The summed E-state index contributed by atoms with van der Waals surface area (Å²) in [6.07, 6.45) is 5.76. The minimum Gasteiger partial charge on any atom is -0.378 e. The lowest BCUT2D eigenvalue weighted by molar-refractivity contribution is -0.116. The molecule has 27 heavy (non-hydrogen) atoms. The van der Waals surface area contributed by atoms with Crippen molar-refractivity contribution < 1.29 is 9.18 Å². The smallest absolute Gasteiger partial charge is 0.243 e. The van der Waals surface area contributed by atoms with Gasteiger partial charge < -0.3 is 16.0 Å². The normalized spacial score (nSPS) is 10.2. The fourth-order valence-corrected chi connectivity index (χ4v) is 2.24. The Morgan fingerprint density at radius 1 is 1.37 bits per heavy atom. The van der Waals surface area contributed by atoms with Crippen molar-refractivity contribution in [3.8, 4) is 17.3 Å². The first-order valence-corrected chi connectivity index (χ1v) is 8.06. The van der Waals surface area contributed by atoms with Crippen molar-refractivity contribution in [2.24, 2.45) is 0 Å². The summed E-state index contributed by atoms with van der Waals surface area (Å²) in [4.78, 5) is 15.8. The molecule has 0 atom stereocenters. The Labute approximate surface area is 156 Å². The van der Waals surface area contributed by atoms with Crippen LogP contribution in [0.5, 0.6) is 0 Å². The highest BCUT2D eigenvalue weighted by Crippen LogP contribution is 2.21. The Morgan fingerprint density at radius 2 is 2.11 bits per heavy atom. The van der Waals surface area contributed by atoms with E-state index in [1.807, 2.05) is 6.07 Å². The van der Waals surface area contributed by atoms with Crippen molar-refractivity contribution in [1.29, 1.82) is 10.7 Å². The van der Waals surface area contributed by atoms with Gasteiger partial charge in [-0.15, -0.1) is 0 Å². The van der Waals surface area contributed by atoms with Gasteiger partial charge in [0.15, 0.2) is 0 Å². The van der Waals surface area contributed by atoms with Crippen molar-refractivity contribution in [2.75, 3.05) is 6.54 Å². The number of pyridine rings is 1. The molecule has 0 spiro atoms. The molecule has 2 rings (SSSR count). The zero-order chi connectivity index (χ0) is 19.6. The van der Waals surface area contributed by atoms with Crippen molar-refractivity contribution >= 4 is 11.6 Å². The molecule has 1 heterocycles. The number of carbonyl (C=O) groups excluding carboxylic acids is 1. The van der Waals surface area contributed by atoms with Crippen molar-refractivity contribution in [2.45, 2.75) is 6.54 Å². The first kappa shape index (κ1) is 19.5. The first-order valence-electron chi connectivity index (χ1n) is 8.06. The molecule has 0 saturated heterocycles. The van der Waals surface area contributed by atoms with Crippen molar-refractivity contribution in [3.63, 3.8) is 0 Å². The maximum atomic E-state index is 13.1. The summed E-state index contributed by atoms with van der Waals surface area (Å²) < 4.78 is 13.1. The molecular weight excluding hydrogens is 345 g/mol. The van der Waals surface area contributed by atoms with Crippen LogP contribution in [0.2, 0.25) is 0 Å². The molecule has 136 valence electrons. The number of aromatic nitrogens is 1. The van der Waals surface area contributed by atoms with Crippen LogP contribution in [-0.4, -0.2) is 23.1 Å². The van der Waals surface area contributed by atoms with E-state index in [1.165, 1.54) is 24.4 Å². The number of nitrogens with one attached hydrogen (secondary N) is 3. The third kappa shape index (κ3) is 5.61. The molecule has 2 aromatic rings. The summed E-state index contributed by atoms with van der Waals surface area (Å²) in [6.45, 7) is 3.71. The van der Waals surface area contributed by atoms with E-state index in [1.54, 1.807) is 24.4 Å². The van der Waals surface area contributed by atoms with Crippen molar-refractivity contribution in [1.82, 2.24) is 15.6 Å². The third-order valence-corrected chi connectivity index (χ3v) is 3.60. The zero-order valence-corrected chi connectivity index (χ0v) is 14.5. The molecule has 0 radical (unpaired) electrons. The average molecular weight is 363 g/mol. The highest BCUT2D eigenvalue weighted by molar-refractivity contribution is 6.08. The molecule has 6 nitrogen and oxygen atoms in total. The minimum atomic E-state index is -0.345. The predicted molar refractivity (Wildman–Crippen MR) is 101 cm³/mol. The van der Waals surface area contributed by atoms with Crippen LogP contribution in [0.4, 0.5) is 4.39 Å². The average Bonchev–Trinajstić information content (AvgIpc) is 2.69. The molecule has 7 heteroatoms. The minimum absolute atomic E-state index is 0.128. The molecule has 0 aliphatic carbocycles. The molecule has 0 aliphatic rings. The summed E-state index contributed by atoms with van der Waals surface area (Å²) in [5, 5.41) is 22.2. The lowest BCUT2D eigenvalue weighted by atomic mass is 10.0. The highest BCUT2D eigenvalue weighted by Gasteiger charge is 2.11. The number of hydrogen-bond acceptors (Lipinski definition) is 5. The lowest BCUT2D eigenvalue weighted by Crippen LogP contribution is -2.21. The van der Waals surface area contributed by atoms with Crippen LogP contribution in [0, 0.1) is 22.6 Å². The van der Waals surface area contributed by atoms with Crippen LogP contribution >= 0.6 is 0 Å². The van der Waals surface area contributed by atoms with E-state index in [0.29, 0.717) is 22.4 Å². The van der Waals surface area contributed by atoms with E-state index in [4.69, 9.17) is 10.7 Å². The molecule has 0 bridgehead atoms. The maximum Gasteiger partial charge on any atom is 0.243 e. The van der Waals surface area contributed by atoms with E-state index in [-0.39, 0.29) is 30.5 Å². The Hall–Kier alpha value is -3.79. The van der Waals surface area contributed by atoms with E-state index >= 15 is 0 Å². The van der Waals surface area contributed by atoms with Gasteiger partial charge in [-0.2, -0.15) is 5.26 Å². The molecule has 1 aromatic heterocycles. The predicted octanol–water partition coefficient (Wildman–Crippen LogP) is 2.68. The van der Waals surface area contributed by atoms with Crippen LogP contribution in [0.1, 0.15) is 11.1 Å².